The number of nitrogens with one attached hydrogen (secondary N) is 1. The summed E-state index contributed by atoms with van der Waals surface area (Å²) in [6, 6.07) is 5.64. The van der Waals surface area contributed by atoms with Crippen molar-refractivity contribution in [2.24, 2.45) is 0 Å². The average molecular weight is 260 g/mol. The van der Waals surface area contributed by atoms with Crippen LogP contribution in [-0.4, -0.2) is 13.2 Å². The Hall–Kier alpha value is -0.700. The minimum Gasteiger partial charge on any atom is -0.502 e. The fourth-order valence-electron chi connectivity index (χ4n) is 1.25. The van der Waals surface area contributed by atoms with Crippen molar-refractivity contribution in [2.45, 2.75) is 13.0 Å². The summed E-state index contributed by atoms with van der Waals surface area (Å²) in [5.41, 5.74) is 1.12. The van der Waals surface area contributed by atoms with Crippen molar-refractivity contribution >= 4 is 23.2 Å². The maximum atomic E-state index is 5.90. The number of hydrogen-bond donors (Lipinski definition) is 1. The van der Waals surface area contributed by atoms with Gasteiger partial charge in [-0.2, -0.15) is 0 Å². The maximum absolute atomic E-state index is 5.90. The molecule has 16 heavy (non-hydrogen) atoms. The molecule has 1 N–H and O–H groups in total. The van der Waals surface area contributed by atoms with Crippen LogP contribution < -0.4 is 5.32 Å². The second kappa shape index (κ2) is 7.55. The van der Waals surface area contributed by atoms with Gasteiger partial charge in [0.2, 0.25) is 0 Å². The summed E-state index contributed by atoms with van der Waals surface area (Å²) in [7, 11) is 0. The Morgan fingerprint density at radius 3 is 2.81 bits per heavy atom. The fourth-order valence-corrected chi connectivity index (χ4v) is 1.57. The van der Waals surface area contributed by atoms with E-state index in [0.29, 0.717) is 16.7 Å². The molecule has 0 bridgehead atoms. The maximum Gasteiger partial charge on any atom is 0.0885 e. The lowest BCUT2D eigenvalue weighted by atomic mass is 10.2. The Labute approximate surface area is 106 Å². The molecule has 0 unspecified atom stereocenters. The molecule has 0 saturated carbocycles. The highest BCUT2D eigenvalue weighted by atomic mass is 35.5. The van der Waals surface area contributed by atoms with E-state index in [2.05, 4.69) is 11.9 Å². The van der Waals surface area contributed by atoms with Gasteiger partial charge in [0.15, 0.2) is 0 Å². The highest BCUT2D eigenvalue weighted by Crippen LogP contribution is 2.22. The first-order chi connectivity index (χ1) is 7.74. The Balaban J connectivity index is 2.21. The third-order valence-electron chi connectivity index (χ3n) is 2.05. The fraction of sp³-hybridized carbons (Fsp3) is 0.333. The van der Waals surface area contributed by atoms with Gasteiger partial charge in [-0.1, -0.05) is 35.8 Å². The van der Waals surface area contributed by atoms with Gasteiger partial charge in [-0.05, 0) is 30.7 Å². The molecule has 88 valence electrons. The Bertz CT molecular complexity index is 342. The van der Waals surface area contributed by atoms with Crippen molar-refractivity contribution in [1.29, 1.82) is 0 Å². The predicted octanol–water partition coefficient (Wildman–Crippen LogP) is 3.63. The van der Waals surface area contributed by atoms with E-state index >= 15 is 0 Å². The molecular formula is C12H15Cl2NO. The molecule has 0 saturated heterocycles. The Morgan fingerprint density at radius 2 is 2.12 bits per heavy atom. The monoisotopic (exact) mass is 259 g/mol. The molecular weight excluding hydrogens is 245 g/mol. The Morgan fingerprint density at radius 1 is 1.31 bits per heavy atom. The molecule has 0 amide bonds. The summed E-state index contributed by atoms with van der Waals surface area (Å²) >= 11 is 11.7. The molecule has 0 atom stereocenters. The van der Waals surface area contributed by atoms with Crippen LogP contribution in [0.15, 0.2) is 31.0 Å². The average Bonchev–Trinajstić information content (AvgIpc) is 2.28. The smallest absolute Gasteiger partial charge is 0.0885 e. The summed E-state index contributed by atoms with van der Waals surface area (Å²) in [4.78, 5) is 0. The zero-order valence-corrected chi connectivity index (χ0v) is 10.5. The van der Waals surface area contributed by atoms with Crippen molar-refractivity contribution in [1.82, 2.24) is 5.32 Å². The molecule has 0 aromatic heterocycles. The molecule has 1 aromatic carbocycles. The van der Waals surface area contributed by atoms with Crippen LogP contribution in [0.4, 0.5) is 0 Å². The first kappa shape index (κ1) is 13.4. The van der Waals surface area contributed by atoms with Crippen molar-refractivity contribution in [2.75, 3.05) is 13.2 Å². The highest BCUT2D eigenvalue weighted by molar-refractivity contribution is 6.42. The van der Waals surface area contributed by atoms with Crippen molar-refractivity contribution in [3.8, 4) is 0 Å². The molecule has 4 heteroatoms. The first-order valence-corrected chi connectivity index (χ1v) is 5.87. The van der Waals surface area contributed by atoms with E-state index in [4.69, 9.17) is 27.9 Å². The summed E-state index contributed by atoms with van der Waals surface area (Å²) in [6.45, 7) is 5.85. The lowest BCUT2D eigenvalue weighted by Crippen LogP contribution is -2.15. The van der Waals surface area contributed by atoms with Gasteiger partial charge in [-0.3, -0.25) is 0 Å². The first-order valence-electron chi connectivity index (χ1n) is 5.11. The van der Waals surface area contributed by atoms with E-state index < -0.39 is 0 Å². The van der Waals surface area contributed by atoms with Crippen LogP contribution in [0.2, 0.25) is 10.0 Å². The zero-order valence-electron chi connectivity index (χ0n) is 9.01. The molecule has 0 aliphatic rings. The number of ether oxygens (including phenoxy) is 1. The van der Waals surface area contributed by atoms with Gasteiger partial charge in [0.1, 0.15) is 0 Å². The molecule has 0 spiro atoms. The standard InChI is InChI=1S/C12H15Cl2NO/c1-2-16-7-3-6-15-9-10-4-5-11(13)12(14)8-10/h2,4-5,8,15H,1,3,6-7,9H2. The topological polar surface area (TPSA) is 21.3 Å². The van der Waals surface area contributed by atoms with E-state index in [1.807, 2.05) is 18.2 Å². The van der Waals surface area contributed by atoms with Gasteiger partial charge in [-0.15, -0.1) is 0 Å². The van der Waals surface area contributed by atoms with Gasteiger partial charge in [0, 0.05) is 6.54 Å². The van der Waals surface area contributed by atoms with Gasteiger partial charge in [0.05, 0.1) is 22.9 Å². The largest absolute Gasteiger partial charge is 0.502 e. The van der Waals surface area contributed by atoms with E-state index in [0.717, 1.165) is 25.1 Å². The summed E-state index contributed by atoms with van der Waals surface area (Å²) in [5.74, 6) is 0. The summed E-state index contributed by atoms with van der Waals surface area (Å²) < 4.78 is 5.01. The lowest BCUT2D eigenvalue weighted by molar-refractivity contribution is 0.244. The zero-order chi connectivity index (χ0) is 11.8. The molecule has 1 aromatic rings. The molecule has 0 heterocycles. The van der Waals surface area contributed by atoms with E-state index in [1.54, 1.807) is 0 Å². The third kappa shape index (κ3) is 4.88. The molecule has 1 rings (SSSR count). The Kier molecular flexibility index (Phi) is 6.31. The minimum absolute atomic E-state index is 0.588. The quantitative estimate of drug-likeness (QED) is 0.597. The number of benzene rings is 1. The summed E-state index contributed by atoms with van der Waals surface area (Å²) in [6.07, 6.45) is 2.41. The van der Waals surface area contributed by atoms with Gasteiger partial charge in [0.25, 0.3) is 0 Å². The van der Waals surface area contributed by atoms with Crippen molar-refractivity contribution < 1.29 is 4.74 Å². The van der Waals surface area contributed by atoms with Gasteiger partial charge < -0.3 is 10.1 Å². The number of hydrogen-bond acceptors (Lipinski definition) is 2. The SMILES string of the molecule is C=COCCCNCc1ccc(Cl)c(Cl)c1. The third-order valence-corrected chi connectivity index (χ3v) is 2.79. The predicted molar refractivity (Wildman–Crippen MR) is 68.9 cm³/mol. The second-order valence-corrected chi connectivity index (χ2v) is 4.13. The number of rotatable bonds is 7. The van der Waals surface area contributed by atoms with Gasteiger partial charge in [-0.25, -0.2) is 0 Å². The minimum atomic E-state index is 0.588. The molecule has 2 nitrogen and oxygen atoms in total. The van der Waals surface area contributed by atoms with Crippen LogP contribution in [0.25, 0.3) is 0 Å². The summed E-state index contributed by atoms with van der Waals surface area (Å²) in [5, 5.41) is 4.47. The van der Waals surface area contributed by atoms with Crippen LogP contribution in [0.1, 0.15) is 12.0 Å². The highest BCUT2D eigenvalue weighted by Gasteiger charge is 1.98. The number of halogens is 2. The van der Waals surface area contributed by atoms with Crippen LogP contribution in [0.5, 0.6) is 0 Å². The van der Waals surface area contributed by atoms with Crippen LogP contribution >= 0.6 is 23.2 Å². The van der Waals surface area contributed by atoms with Crippen LogP contribution in [-0.2, 0) is 11.3 Å². The van der Waals surface area contributed by atoms with E-state index in [1.165, 1.54) is 6.26 Å². The van der Waals surface area contributed by atoms with E-state index in [-0.39, 0.29) is 0 Å². The molecule has 0 radical (unpaired) electrons. The van der Waals surface area contributed by atoms with Crippen molar-refractivity contribution in [3.05, 3.63) is 46.6 Å². The van der Waals surface area contributed by atoms with E-state index in [9.17, 15) is 0 Å². The molecule has 0 fully saturated rings. The van der Waals surface area contributed by atoms with Crippen LogP contribution in [0.3, 0.4) is 0 Å². The lowest BCUT2D eigenvalue weighted by Gasteiger charge is -2.06. The van der Waals surface area contributed by atoms with Gasteiger partial charge >= 0.3 is 0 Å². The van der Waals surface area contributed by atoms with Crippen molar-refractivity contribution in [3.63, 3.8) is 0 Å². The molecule has 0 aliphatic heterocycles. The van der Waals surface area contributed by atoms with Crippen LogP contribution in [0, 0.1) is 0 Å². The molecule has 0 aliphatic carbocycles. The second-order valence-electron chi connectivity index (χ2n) is 3.32. The normalized spacial score (nSPS) is 10.1.